The summed E-state index contributed by atoms with van der Waals surface area (Å²) in [6.07, 6.45) is 1.38. The van der Waals surface area contributed by atoms with E-state index in [1.165, 1.54) is 18.1 Å². The van der Waals surface area contributed by atoms with Crippen LogP contribution in [0.2, 0.25) is 0 Å². The second kappa shape index (κ2) is 12.7. The van der Waals surface area contributed by atoms with Crippen LogP contribution in [-0.2, 0) is 16.1 Å². The van der Waals surface area contributed by atoms with Crippen LogP contribution in [0, 0.1) is 6.92 Å². The van der Waals surface area contributed by atoms with E-state index in [-0.39, 0.29) is 5.78 Å². The van der Waals surface area contributed by atoms with Gasteiger partial charge in [0.2, 0.25) is 5.82 Å². The third kappa shape index (κ3) is 6.61. The molecular formula is C30H32N2O4. The van der Waals surface area contributed by atoms with Crippen molar-refractivity contribution in [3.8, 4) is 34.0 Å². The minimum atomic E-state index is -0.00318. The standard InChI is InChI=1S/C25H22N2O3.C5H10O/c1-16-7-4-5-10-22(16)23-12-11-20(14-21(23)15-29-3)25-26-24(27-30-25)19-9-6-8-18(13-19)17(2)28;1-3-5(6)4-2/h4-14H,15H2,1-3H3;3-4H2,1-2H3. The first kappa shape index (κ1) is 26.7. The Kier molecular flexibility index (Phi) is 9.42. The van der Waals surface area contributed by atoms with Crippen LogP contribution in [-0.4, -0.2) is 28.8 Å². The summed E-state index contributed by atoms with van der Waals surface area (Å²) < 4.78 is 11.0. The largest absolute Gasteiger partial charge is 0.380 e. The summed E-state index contributed by atoms with van der Waals surface area (Å²) in [6, 6.07) is 21.5. The van der Waals surface area contributed by atoms with Gasteiger partial charge in [0.15, 0.2) is 5.78 Å². The van der Waals surface area contributed by atoms with Crippen molar-refractivity contribution in [3.63, 3.8) is 0 Å². The van der Waals surface area contributed by atoms with Gasteiger partial charge in [-0.05, 0) is 54.3 Å². The highest BCUT2D eigenvalue weighted by Crippen LogP contribution is 2.31. The van der Waals surface area contributed by atoms with E-state index in [0.29, 0.717) is 42.5 Å². The number of ketones is 2. The van der Waals surface area contributed by atoms with Gasteiger partial charge >= 0.3 is 0 Å². The van der Waals surface area contributed by atoms with Crippen molar-refractivity contribution >= 4 is 11.6 Å². The molecule has 0 saturated heterocycles. The van der Waals surface area contributed by atoms with Crippen molar-refractivity contribution in [3.05, 3.63) is 83.4 Å². The average Bonchev–Trinajstić information content (AvgIpc) is 3.40. The fourth-order valence-corrected chi connectivity index (χ4v) is 3.72. The van der Waals surface area contributed by atoms with Crippen LogP contribution in [0.4, 0.5) is 0 Å². The number of Topliss-reactive ketones (excluding diaryl/α,β-unsaturated/α-hetero) is 2. The van der Waals surface area contributed by atoms with E-state index in [4.69, 9.17) is 9.26 Å². The van der Waals surface area contributed by atoms with Crippen LogP contribution >= 0.6 is 0 Å². The maximum atomic E-state index is 11.7. The fraction of sp³-hybridized carbons (Fsp3) is 0.267. The van der Waals surface area contributed by atoms with Crippen LogP contribution in [0.5, 0.6) is 0 Å². The molecule has 1 aromatic heterocycles. The minimum absolute atomic E-state index is 0.00318. The Balaban J connectivity index is 0.000000538. The Labute approximate surface area is 212 Å². The van der Waals surface area contributed by atoms with Gasteiger partial charge in [-0.25, -0.2) is 0 Å². The van der Waals surface area contributed by atoms with E-state index in [9.17, 15) is 9.59 Å². The smallest absolute Gasteiger partial charge is 0.258 e. The summed E-state index contributed by atoms with van der Waals surface area (Å²) in [4.78, 5) is 26.4. The van der Waals surface area contributed by atoms with Crippen molar-refractivity contribution in [1.29, 1.82) is 0 Å². The number of nitrogens with zero attached hydrogens (tertiary/aromatic N) is 2. The monoisotopic (exact) mass is 484 g/mol. The van der Waals surface area contributed by atoms with Crippen LogP contribution < -0.4 is 0 Å². The van der Waals surface area contributed by atoms with E-state index >= 15 is 0 Å². The molecule has 0 aliphatic heterocycles. The Morgan fingerprint density at radius 3 is 2.28 bits per heavy atom. The molecule has 36 heavy (non-hydrogen) atoms. The second-order valence-corrected chi connectivity index (χ2v) is 8.43. The molecule has 3 aromatic carbocycles. The summed E-state index contributed by atoms with van der Waals surface area (Å²) in [7, 11) is 1.68. The van der Waals surface area contributed by atoms with E-state index < -0.39 is 0 Å². The molecule has 0 spiro atoms. The normalized spacial score (nSPS) is 10.5. The highest BCUT2D eigenvalue weighted by atomic mass is 16.5. The number of hydrogen-bond acceptors (Lipinski definition) is 6. The molecule has 0 aliphatic carbocycles. The van der Waals surface area contributed by atoms with Gasteiger partial charge < -0.3 is 9.26 Å². The zero-order valence-corrected chi connectivity index (χ0v) is 21.5. The molecule has 0 bridgehead atoms. The third-order valence-corrected chi connectivity index (χ3v) is 5.83. The lowest BCUT2D eigenvalue weighted by atomic mass is 9.94. The van der Waals surface area contributed by atoms with Crippen molar-refractivity contribution in [2.24, 2.45) is 0 Å². The molecule has 6 nitrogen and oxygen atoms in total. The van der Waals surface area contributed by atoms with Gasteiger partial charge in [-0.1, -0.05) is 67.5 Å². The highest BCUT2D eigenvalue weighted by Gasteiger charge is 2.15. The summed E-state index contributed by atoms with van der Waals surface area (Å²) >= 11 is 0. The van der Waals surface area contributed by atoms with Crippen LogP contribution in [0.1, 0.15) is 55.1 Å². The van der Waals surface area contributed by atoms with E-state index in [1.54, 1.807) is 19.2 Å². The number of ether oxygens (including phenoxy) is 1. The second-order valence-electron chi connectivity index (χ2n) is 8.43. The van der Waals surface area contributed by atoms with Crippen LogP contribution in [0.25, 0.3) is 34.0 Å². The molecule has 186 valence electrons. The molecule has 0 radical (unpaired) electrons. The zero-order chi connectivity index (χ0) is 26.1. The maximum absolute atomic E-state index is 11.7. The van der Waals surface area contributed by atoms with Crippen molar-refractivity contribution in [2.75, 3.05) is 7.11 Å². The molecule has 4 aromatic rings. The Morgan fingerprint density at radius 2 is 1.64 bits per heavy atom. The number of benzene rings is 3. The van der Waals surface area contributed by atoms with E-state index in [1.807, 2.05) is 50.2 Å². The zero-order valence-electron chi connectivity index (χ0n) is 21.5. The molecule has 4 rings (SSSR count). The summed E-state index contributed by atoms with van der Waals surface area (Å²) in [6.45, 7) is 7.87. The maximum Gasteiger partial charge on any atom is 0.258 e. The van der Waals surface area contributed by atoms with Gasteiger partial charge in [0.05, 0.1) is 6.61 Å². The molecule has 0 amide bonds. The highest BCUT2D eigenvalue weighted by molar-refractivity contribution is 5.95. The number of carbonyl (C=O) groups excluding carboxylic acids is 2. The molecule has 0 saturated carbocycles. The predicted octanol–water partition coefficient (Wildman–Crippen LogP) is 7.10. The van der Waals surface area contributed by atoms with Crippen molar-refractivity contribution in [2.45, 2.75) is 47.1 Å². The van der Waals surface area contributed by atoms with Gasteiger partial charge in [-0.3, -0.25) is 9.59 Å². The van der Waals surface area contributed by atoms with Gasteiger partial charge in [0, 0.05) is 36.6 Å². The van der Waals surface area contributed by atoms with Crippen molar-refractivity contribution < 1.29 is 18.8 Å². The average molecular weight is 485 g/mol. The molecular weight excluding hydrogens is 452 g/mol. The topological polar surface area (TPSA) is 82.3 Å². The summed E-state index contributed by atoms with van der Waals surface area (Å²) in [5.41, 5.74) is 6.71. The lowest BCUT2D eigenvalue weighted by Gasteiger charge is -2.12. The molecule has 1 heterocycles. The first-order valence-corrected chi connectivity index (χ1v) is 12.0. The van der Waals surface area contributed by atoms with Gasteiger partial charge in [-0.15, -0.1) is 0 Å². The molecule has 6 heteroatoms. The first-order valence-electron chi connectivity index (χ1n) is 12.0. The molecule has 0 atom stereocenters. The molecule has 0 fully saturated rings. The molecule has 0 aliphatic rings. The number of methoxy groups -OCH3 is 1. The predicted molar refractivity (Wildman–Crippen MR) is 142 cm³/mol. The lowest BCUT2D eigenvalue weighted by molar-refractivity contribution is -0.118. The van der Waals surface area contributed by atoms with Crippen LogP contribution in [0.15, 0.2) is 71.3 Å². The first-order chi connectivity index (χ1) is 17.4. The minimum Gasteiger partial charge on any atom is -0.380 e. The van der Waals surface area contributed by atoms with Gasteiger partial charge in [0.25, 0.3) is 5.89 Å². The number of aryl methyl sites for hydroxylation is 1. The lowest BCUT2D eigenvalue weighted by Crippen LogP contribution is -1.95. The molecule has 0 N–H and O–H groups in total. The van der Waals surface area contributed by atoms with E-state index in [0.717, 1.165) is 22.3 Å². The fourth-order valence-electron chi connectivity index (χ4n) is 3.72. The summed E-state index contributed by atoms with van der Waals surface area (Å²) in [5.74, 6) is 1.21. The van der Waals surface area contributed by atoms with Gasteiger partial charge in [0.1, 0.15) is 5.78 Å². The van der Waals surface area contributed by atoms with Crippen molar-refractivity contribution in [1.82, 2.24) is 10.1 Å². The number of carbonyl (C=O) groups is 2. The SMILES string of the molecule is CCC(=O)CC.COCc1cc(-c2nc(-c3cccc(C(C)=O)c3)no2)ccc1-c1ccccc1C. The Bertz CT molecular complexity index is 1330. The third-order valence-electron chi connectivity index (χ3n) is 5.83. The number of rotatable bonds is 8. The molecule has 0 unspecified atom stereocenters. The quantitative estimate of drug-likeness (QED) is 0.248. The van der Waals surface area contributed by atoms with E-state index in [2.05, 4.69) is 35.3 Å². The van der Waals surface area contributed by atoms with Crippen LogP contribution in [0.3, 0.4) is 0 Å². The number of aromatic nitrogens is 2. The summed E-state index contributed by atoms with van der Waals surface area (Å²) in [5, 5.41) is 4.10. The van der Waals surface area contributed by atoms with Gasteiger partial charge in [-0.2, -0.15) is 4.98 Å². The Hall–Kier alpha value is -3.90. The number of hydrogen-bond donors (Lipinski definition) is 0. The Morgan fingerprint density at radius 1 is 0.889 bits per heavy atom.